The van der Waals surface area contributed by atoms with Crippen molar-refractivity contribution in [2.24, 2.45) is 5.92 Å². The largest absolute Gasteiger partial charge is 0.377 e. The summed E-state index contributed by atoms with van der Waals surface area (Å²) in [4.78, 5) is 26.9. The Morgan fingerprint density at radius 2 is 1.80 bits per heavy atom. The molecule has 1 aliphatic carbocycles. The Morgan fingerprint density at radius 3 is 2.28 bits per heavy atom. The van der Waals surface area contributed by atoms with Gasteiger partial charge in [0.05, 0.1) is 13.2 Å². The molecule has 6 nitrogen and oxygen atoms in total. The fraction of sp³-hybridized carbons (Fsp3) is 0.789. The fourth-order valence-corrected chi connectivity index (χ4v) is 3.60. The van der Waals surface area contributed by atoms with Crippen molar-refractivity contribution in [1.82, 2.24) is 10.2 Å². The third kappa shape index (κ3) is 4.42. The molecular weight excluding hydrogens is 320 g/mol. The predicted molar refractivity (Wildman–Crippen MR) is 95.9 cm³/mol. The van der Waals surface area contributed by atoms with Gasteiger partial charge in [-0.3, -0.25) is 9.59 Å². The molecule has 1 saturated heterocycles. The first-order chi connectivity index (χ1) is 11.8. The van der Waals surface area contributed by atoms with Gasteiger partial charge in [0, 0.05) is 37.2 Å². The summed E-state index contributed by atoms with van der Waals surface area (Å²) >= 11 is 0. The number of hydrogen-bond acceptors (Lipinski definition) is 5. The van der Waals surface area contributed by atoms with Gasteiger partial charge in [0.25, 0.3) is 0 Å². The number of ether oxygens (including phenoxy) is 2. The first kappa shape index (κ1) is 19.9. The zero-order chi connectivity index (χ0) is 18.6. The highest BCUT2D eigenvalue weighted by Gasteiger charge is 2.42. The maximum Gasteiger partial charge on any atom is 0.245 e. The second-order valence-corrected chi connectivity index (χ2v) is 7.17. The lowest BCUT2D eigenvalue weighted by Crippen LogP contribution is -2.50. The molecule has 6 heteroatoms. The number of hydrogen-bond donors (Lipinski definition) is 1. The highest BCUT2D eigenvalue weighted by Crippen LogP contribution is 2.38. The molecule has 1 heterocycles. The van der Waals surface area contributed by atoms with Gasteiger partial charge in [-0.25, -0.2) is 0 Å². The highest BCUT2D eigenvalue weighted by atomic mass is 16.7. The summed E-state index contributed by atoms with van der Waals surface area (Å²) in [6.45, 7) is 12.1. The van der Waals surface area contributed by atoms with E-state index < -0.39 is 5.79 Å². The van der Waals surface area contributed by atoms with Crippen molar-refractivity contribution in [3.8, 4) is 0 Å². The number of carbonyl (C=O) groups excluding carboxylic acids is 2. The molecule has 0 unspecified atom stereocenters. The molecular formula is C19H32N2O4. The fourth-order valence-electron chi connectivity index (χ4n) is 3.60. The average molecular weight is 352 g/mol. The van der Waals surface area contributed by atoms with Crippen molar-refractivity contribution < 1.29 is 19.1 Å². The third-order valence-electron chi connectivity index (χ3n) is 5.14. The Hall–Kier alpha value is -1.40. The molecule has 0 aromatic carbocycles. The molecule has 1 atom stereocenters. The minimum atomic E-state index is -0.650. The minimum absolute atomic E-state index is 0.0125. The SMILES string of the molecule is CCN(CC)C(=O)[C@@H](NC1=C(C(C)=O)CC2(CC1)OCCO2)C(C)C. The van der Waals surface area contributed by atoms with Crippen molar-refractivity contribution >= 4 is 11.7 Å². The standard InChI is InChI=1S/C19H32N2O4/c1-6-21(7-2)18(23)17(13(3)4)20-16-8-9-19(24-10-11-25-19)12-15(16)14(5)22/h13,17,20H,6-12H2,1-5H3/t17-/m0/s1. The third-order valence-corrected chi connectivity index (χ3v) is 5.14. The van der Waals surface area contributed by atoms with Crippen molar-refractivity contribution in [1.29, 1.82) is 0 Å². The van der Waals surface area contributed by atoms with E-state index in [1.807, 2.05) is 32.6 Å². The lowest BCUT2D eigenvalue weighted by atomic mass is 9.87. The van der Waals surface area contributed by atoms with Gasteiger partial charge in [-0.1, -0.05) is 13.8 Å². The van der Waals surface area contributed by atoms with Crippen LogP contribution in [-0.2, 0) is 19.1 Å². The number of nitrogens with one attached hydrogen (secondary N) is 1. The summed E-state index contributed by atoms with van der Waals surface area (Å²) in [6.07, 6.45) is 1.81. The second-order valence-electron chi connectivity index (χ2n) is 7.17. The molecule has 1 amide bonds. The molecule has 0 radical (unpaired) electrons. The average Bonchev–Trinajstić information content (AvgIpc) is 3.02. The molecule has 1 spiro atoms. The first-order valence-electron chi connectivity index (χ1n) is 9.39. The molecule has 0 saturated carbocycles. The van der Waals surface area contributed by atoms with Gasteiger partial charge < -0.3 is 19.7 Å². The molecule has 142 valence electrons. The number of carbonyl (C=O) groups is 2. The summed E-state index contributed by atoms with van der Waals surface area (Å²) < 4.78 is 11.5. The highest BCUT2D eigenvalue weighted by molar-refractivity contribution is 5.94. The van der Waals surface area contributed by atoms with Gasteiger partial charge in [-0.05, 0) is 33.1 Å². The van der Waals surface area contributed by atoms with Gasteiger partial charge in [-0.2, -0.15) is 0 Å². The van der Waals surface area contributed by atoms with E-state index >= 15 is 0 Å². The number of rotatable bonds is 7. The lowest BCUT2D eigenvalue weighted by Gasteiger charge is -2.36. The number of allylic oxidation sites excluding steroid dienone is 1. The predicted octanol–water partition coefficient (Wildman–Crippen LogP) is 2.24. The van der Waals surface area contributed by atoms with E-state index in [9.17, 15) is 9.59 Å². The van der Waals surface area contributed by atoms with Crippen molar-refractivity contribution in [3.63, 3.8) is 0 Å². The second kappa shape index (κ2) is 8.32. The Kier molecular flexibility index (Phi) is 6.63. The Balaban J connectivity index is 2.23. The number of nitrogens with zero attached hydrogens (tertiary/aromatic N) is 1. The van der Waals surface area contributed by atoms with Crippen LogP contribution in [0.15, 0.2) is 11.3 Å². The van der Waals surface area contributed by atoms with Crippen molar-refractivity contribution in [2.45, 2.75) is 65.7 Å². The van der Waals surface area contributed by atoms with Gasteiger partial charge >= 0.3 is 0 Å². The summed E-state index contributed by atoms with van der Waals surface area (Å²) in [6, 6.07) is -0.330. The zero-order valence-corrected chi connectivity index (χ0v) is 16.2. The summed E-state index contributed by atoms with van der Waals surface area (Å²) in [5.41, 5.74) is 1.57. The number of likely N-dealkylation sites (N-methyl/N-ethyl adjacent to an activating group) is 1. The number of ketones is 1. The monoisotopic (exact) mass is 352 g/mol. The molecule has 25 heavy (non-hydrogen) atoms. The summed E-state index contributed by atoms with van der Waals surface area (Å²) in [5.74, 6) is -0.422. The van der Waals surface area contributed by atoms with Crippen LogP contribution in [0.25, 0.3) is 0 Å². The van der Waals surface area contributed by atoms with Gasteiger partial charge in [0.15, 0.2) is 11.6 Å². The van der Waals surface area contributed by atoms with Crippen LogP contribution in [0.5, 0.6) is 0 Å². The number of Topliss-reactive ketones (excluding diaryl/α,β-unsaturated/α-hetero) is 1. The van der Waals surface area contributed by atoms with E-state index in [4.69, 9.17) is 9.47 Å². The Morgan fingerprint density at radius 1 is 1.20 bits per heavy atom. The maximum absolute atomic E-state index is 12.9. The van der Waals surface area contributed by atoms with E-state index in [0.717, 1.165) is 5.70 Å². The quantitative estimate of drug-likeness (QED) is 0.761. The van der Waals surface area contributed by atoms with Crippen molar-refractivity contribution in [3.05, 3.63) is 11.3 Å². The Labute approximate surface area is 150 Å². The molecule has 2 rings (SSSR count). The van der Waals surface area contributed by atoms with E-state index in [0.29, 0.717) is 51.1 Å². The molecule has 1 aliphatic heterocycles. The molecule has 0 bridgehead atoms. The van der Waals surface area contributed by atoms with Gasteiger partial charge in [0.2, 0.25) is 5.91 Å². The minimum Gasteiger partial charge on any atom is -0.377 e. The van der Waals surface area contributed by atoms with Crippen LogP contribution < -0.4 is 5.32 Å². The first-order valence-corrected chi connectivity index (χ1v) is 9.39. The van der Waals surface area contributed by atoms with E-state index in [-0.39, 0.29) is 23.7 Å². The zero-order valence-electron chi connectivity index (χ0n) is 16.2. The normalized spacial score (nSPS) is 20.9. The molecule has 2 aliphatic rings. The smallest absolute Gasteiger partial charge is 0.245 e. The van der Waals surface area contributed by atoms with Gasteiger partial charge in [-0.15, -0.1) is 0 Å². The van der Waals surface area contributed by atoms with Crippen LogP contribution in [0.3, 0.4) is 0 Å². The number of amides is 1. The van der Waals surface area contributed by atoms with Crippen LogP contribution in [0.2, 0.25) is 0 Å². The van der Waals surface area contributed by atoms with Crippen LogP contribution in [0.1, 0.15) is 53.9 Å². The van der Waals surface area contributed by atoms with Gasteiger partial charge in [0.1, 0.15) is 6.04 Å². The van der Waals surface area contributed by atoms with E-state index in [2.05, 4.69) is 5.32 Å². The summed E-state index contributed by atoms with van der Waals surface area (Å²) in [7, 11) is 0. The summed E-state index contributed by atoms with van der Waals surface area (Å²) in [5, 5.41) is 3.40. The van der Waals surface area contributed by atoms with Crippen LogP contribution in [0.4, 0.5) is 0 Å². The van der Waals surface area contributed by atoms with Crippen LogP contribution in [0, 0.1) is 5.92 Å². The van der Waals surface area contributed by atoms with Crippen molar-refractivity contribution in [2.75, 3.05) is 26.3 Å². The van der Waals surface area contributed by atoms with E-state index in [1.54, 1.807) is 6.92 Å². The molecule has 1 N–H and O–H groups in total. The van der Waals surface area contributed by atoms with Crippen LogP contribution >= 0.6 is 0 Å². The molecule has 1 fully saturated rings. The molecule has 0 aromatic heterocycles. The maximum atomic E-state index is 12.9. The Bertz CT molecular complexity index is 532. The molecule has 0 aromatic rings. The van der Waals surface area contributed by atoms with Crippen LogP contribution in [-0.4, -0.2) is 54.7 Å². The topological polar surface area (TPSA) is 67.9 Å². The lowest BCUT2D eigenvalue weighted by molar-refractivity contribution is -0.165. The van der Waals surface area contributed by atoms with E-state index in [1.165, 1.54) is 0 Å².